The van der Waals surface area contributed by atoms with Gasteiger partial charge in [-0.2, -0.15) is 31.6 Å². The maximum Gasteiger partial charge on any atom is 0.246 e. The highest BCUT2D eigenvalue weighted by Gasteiger charge is 2.41. The number of anilines is 7. The fourth-order valence-electron chi connectivity index (χ4n) is 22.1. The molecule has 12 heterocycles. The second-order valence-electron chi connectivity index (χ2n) is 38.1. The van der Waals surface area contributed by atoms with Crippen molar-refractivity contribution in [1.29, 1.82) is 31.6 Å². The molecular formula is C110H128N22O7S. The quantitative estimate of drug-likeness (QED) is 0.0289. The number of hydrogen-bond donors (Lipinski definition) is 2. The Balaban J connectivity index is 0.000000151. The number of aliphatic hydroxyl groups excluding tert-OH is 1. The van der Waals surface area contributed by atoms with Crippen molar-refractivity contribution in [2.75, 3.05) is 203 Å². The third kappa shape index (κ3) is 22.2. The molecule has 3 aromatic heterocycles. The number of aryl methyl sites for hydroxylation is 3. The van der Waals surface area contributed by atoms with E-state index >= 15 is 0 Å². The fraction of sp³-hybridized carbons (Fsp3) is 0.445. The number of carbonyl (C=O) groups is 3. The summed E-state index contributed by atoms with van der Waals surface area (Å²) in [5.74, 6) is 5.62. The molecule has 9 aromatic rings. The number of aromatic nitrogens is 3. The lowest BCUT2D eigenvalue weighted by atomic mass is 9.95. The van der Waals surface area contributed by atoms with Gasteiger partial charge in [0.25, 0.3) is 0 Å². The van der Waals surface area contributed by atoms with Crippen LogP contribution in [0.1, 0.15) is 131 Å². The van der Waals surface area contributed by atoms with Gasteiger partial charge in [0, 0.05) is 173 Å². The number of ether oxygens (including phenoxy) is 2. The minimum atomic E-state index is -1.99. The third-order valence-corrected chi connectivity index (χ3v) is 31.1. The number of aliphatic hydroxyl groups is 1. The molecule has 0 saturated carbocycles. The van der Waals surface area contributed by atoms with Gasteiger partial charge in [0.05, 0.1) is 109 Å². The van der Waals surface area contributed by atoms with Crippen LogP contribution in [0.25, 0.3) is 32.3 Å². The molecule has 4 atom stereocenters. The predicted octanol–water partition coefficient (Wildman–Crippen LogP) is 13.2. The minimum absolute atomic E-state index is 0.0291. The van der Waals surface area contributed by atoms with Crippen LogP contribution in [0.4, 0.5) is 39.9 Å². The Morgan fingerprint density at radius 1 is 0.457 bits per heavy atom. The number of piperazine rings is 3. The lowest BCUT2D eigenvalue weighted by Gasteiger charge is -2.43. The molecule has 30 heteroatoms. The van der Waals surface area contributed by atoms with Crippen LogP contribution in [-0.4, -0.2) is 270 Å². The van der Waals surface area contributed by atoms with Gasteiger partial charge in [-0.25, -0.2) is 15.0 Å². The summed E-state index contributed by atoms with van der Waals surface area (Å²) in [6, 6.07) is 51.5. The van der Waals surface area contributed by atoms with E-state index in [-0.39, 0.29) is 67.6 Å². The molecule has 0 spiro atoms. The molecule has 0 aliphatic carbocycles. The minimum Gasteiger partial charge on any atom is -0.475 e. The summed E-state index contributed by atoms with van der Waals surface area (Å²) in [5, 5.41) is 82.4. The normalized spacial score (nSPS) is 19.0. The number of rotatable bonds is 26. The summed E-state index contributed by atoms with van der Waals surface area (Å²) in [6.07, 6.45) is 14.2. The molecule has 0 bridgehead atoms. The van der Waals surface area contributed by atoms with Crippen molar-refractivity contribution in [2.45, 2.75) is 148 Å². The van der Waals surface area contributed by atoms with E-state index in [0.717, 1.165) is 134 Å². The van der Waals surface area contributed by atoms with Crippen molar-refractivity contribution in [1.82, 2.24) is 44.4 Å². The summed E-state index contributed by atoms with van der Waals surface area (Å²) in [7, 11) is -1.99. The van der Waals surface area contributed by atoms with Crippen molar-refractivity contribution >= 4 is 105 Å². The largest absolute Gasteiger partial charge is 0.475 e. The Bertz CT molecular complexity index is 6500. The Morgan fingerprint density at radius 2 is 0.821 bits per heavy atom. The topological polar surface area (TPSA) is 339 Å². The van der Waals surface area contributed by atoms with E-state index < -0.39 is 15.6 Å². The molecule has 29 nitrogen and oxygen atoms in total. The Hall–Kier alpha value is -13.8. The molecule has 3 amide bonds. The molecule has 0 unspecified atom stereocenters. The second kappa shape index (κ2) is 45.9. The monoisotopic (exact) mass is 1900 g/mol. The Labute approximate surface area is 823 Å². The molecule has 726 valence electrons. The summed E-state index contributed by atoms with van der Waals surface area (Å²) in [6.45, 7) is 34.6. The van der Waals surface area contributed by atoms with Crippen molar-refractivity contribution in [3.05, 3.63) is 214 Å². The first-order valence-corrected chi connectivity index (χ1v) is 51.6. The van der Waals surface area contributed by atoms with Crippen molar-refractivity contribution < 1.29 is 33.2 Å². The van der Waals surface area contributed by atoms with Gasteiger partial charge in [-0.05, 0) is 190 Å². The Kier molecular flexibility index (Phi) is 32.5. The molecule has 0 radical (unpaired) electrons. The first-order valence-electron chi connectivity index (χ1n) is 49.6. The standard InChI is InChI=1S/C37H44N8O.C37H43N7O3.C36H41N7O3S/c1-3-34(46)45-23-22-44(25-29(45)14-16-38)36-30-15-21-43(33-13-8-12-28-11-7-10-27(2)35(28)33)26-32(30)41-37(31(36)24-39)40-17-9-20-42-18-5-4-6-19-42;1-3-34(46)44-20-19-43(22-28(44)13-15-38)36-30-14-18-42(33-12-8-11-27-10-7-9-26(2)35(27)33)24-32(30)40-37(31(36)21-39)47-25-29(45)23-41-16-5-4-6-17-41;1-4-33(44)43-16-15-42(24-28(43)11-13-37)35-29-12-14-41(32-10-6-9-27-8-5-7-26(2)34(27)32)25-31(29)39-36(30(35)23-38)46-20-17-40-18-21-47(3,45)22-19-40/h3,7-8,10-13,29H,1,4-6,9,14-15,17-23,25-26H2,2H3,(H,40,41);3,7-12,28-29,45H,1,4-6,13-14,16-20,22-25H2,2H3;4-10,28H,1,3,11-12,14-22,24-25H2,2H3/t29-;28-,29+;28-/m000/s1. The van der Waals surface area contributed by atoms with Crippen molar-refractivity contribution in [3.8, 4) is 48.2 Å². The highest BCUT2D eigenvalue weighted by molar-refractivity contribution is 8.00. The number of benzene rings is 6. The van der Waals surface area contributed by atoms with Crippen LogP contribution in [0.5, 0.6) is 11.8 Å². The number of carbonyl (C=O) groups excluding carboxylic acids is 3. The van der Waals surface area contributed by atoms with Gasteiger partial charge in [-0.15, -0.1) is 0 Å². The van der Waals surface area contributed by atoms with Crippen LogP contribution in [0.3, 0.4) is 0 Å². The molecule has 9 aliphatic heterocycles. The maximum absolute atomic E-state index is 12.7. The van der Waals surface area contributed by atoms with Crippen LogP contribution in [0.15, 0.2) is 147 Å². The summed E-state index contributed by atoms with van der Waals surface area (Å²) in [5.41, 5.74) is 16.7. The number of nitrogens with zero attached hydrogens (tertiary/aromatic N) is 21. The lowest BCUT2D eigenvalue weighted by molar-refractivity contribution is -0.129. The van der Waals surface area contributed by atoms with E-state index in [9.17, 15) is 55.3 Å². The van der Waals surface area contributed by atoms with Gasteiger partial charge in [0.2, 0.25) is 29.5 Å². The van der Waals surface area contributed by atoms with Crippen molar-refractivity contribution in [2.24, 2.45) is 0 Å². The second-order valence-corrected chi connectivity index (χ2v) is 40.9. The van der Waals surface area contributed by atoms with Gasteiger partial charge in [0.1, 0.15) is 60.0 Å². The maximum atomic E-state index is 12.7. The zero-order chi connectivity index (χ0) is 98.1. The molecule has 140 heavy (non-hydrogen) atoms. The lowest BCUT2D eigenvalue weighted by Crippen LogP contribution is -2.55. The number of piperidine rings is 2. The van der Waals surface area contributed by atoms with Gasteiger partial charge in [-0.1, -0.05) is 124 Å². The van der Waals surface area contributed by atoms with E-state index in [2.05, 4.69) is 241 Å². The number of fused-ring (bicyclic) bond motifs is 6. The predicted molar refractivity (Wildman–Crippen MR) is 554 cm³/mol. The molecule has 6 fully saturated rings. The summed E-state index contributed by atoms with van der Waals surface area (Å²) >= 11 is 0. The molecule has 9 aliphatic rings. The van der Waals surface area contributed by atoms with Gasteiger partial charge >= 0.3 is 0 Å². The van der Waals surface area contributed by atoms with E-state index in [1.54, 1.807) is 14.7 Å². The van der Waals surface area contributed by atoms with Crippen LogP contribution >= 0.6 is 0 Å². The number of pyridine rings is 3. The van der Waals surface area contributed by atoms with E-state index in [0.29, 0.717) is 164 Å². The third-order valence-electron chi connectivity index (χ3n) is 29.2. The molecular weight excluding hydrogens is 1770 g/mol. The number of amides is 3. The molecule has 18 rings (SSSR count). The molecule has 2 N–H and O–H groups in total. The zero-order valence-corrected chi connectivity index (χ0v) is 82.0. The highest BCUT2D eigenvalue weighted by Crippen LogP contribution is 2.45. The first-order chi connectivity index (χ1) is 68.1. The number of nitriles is 6. The number of hydrogen-bond acceptors (Lipinski definition) is 26. The van der Waals surface area contributed by atoms with E-state index in [1.807, 2.05) is 0 Å². The van der Waals surface area contributed by atoms with Crippen LogP contribution in [0, 0.1) is 88.8 Å². The summed E-state index contributed by atoms with van der Waals surface area (Å²) < 4.78 is 24.9. The number of likely N-dealkylation sites (tertiary alicyclic amines) is 2. The summed E-state index contributed by atoms with van der Waals surface area (Å²) in [4.78, 5) is 78.9. The van der Waals surface area contributed by atoms with Gasteiger partial charge in [0.15, 0.2) is 0 Å². The van der Waals surface area contributed by atoms with Gasteiger partial charge < -0.3 is 73.8 Å². The van der Waals surface area contributed by atoms with Crippen LogP contribution < -0.4 is 44.2 Å². The average Bonchev–Trinajstić information content (AvgIpc) is 0.755. The fourth-order valence-corrected chi connectivity index (χ4v) is 23.5. The smallest absolute Gasteiger partial charge is 0.246 e. The van der Waals surface area contributed by atoms with Crippen molar-refractivity contribution in [3.63, 3.8) is 0 Å². The molecule has 6 aromatic carbocycles. The molecule has 6 saturated heterocycles. The Morgan fingerprint density at radius 3 is 1.21 bits per heavy atom. The SMILES string of the molecule is C=CC(=O)N1CCN(c2c(C#N)c(NCCCN3CCCCC3)nc3c2CCN(c2cccc4cccc(C)c24)C3)C[C@@H]1CC#N.C=CC(=O)N1CCN(c2c(C#N)c(OCCN3CCS(=C)(=O)CC3)nc3c2CCN(c2cccc4cccc(C)c24)C3)C[C@@H]1CC#N.C=CC(=O)N1CCN(c2c(C#N)c(OC[C@H](O)CN3CCCCC3)nc3c2CCN(c2cccc4cccc(C)c24)C3)C[C@@H]1CC#N. The van der Waals surface area contributed by atoms with Gasteiger partial charge in [-0.3, -0.25) is 23.5 Å². The highest BCUT2D eigenvalue weighted by atomic mass is 32.2. The van der Waals surface area contributed by atoms with Crippen LogP contribution in [0.2, 0.25) is 0 Å². The first kappa shape index (κ1) is 99.2. The van der Waals surface area contributed by atoms with E-state index in [1.165, 1.54) is 112 Å². The van der Waals surface area contributed by atoms with Crippen LogP contribution in [-0.2, 0) is 62.8 Å². The average molecular weight is 1900 g/mol. The number of nitrogens with one attached hydrogen (secondary N) is 1. The number of β-amino-alcohol motifs (C(OH)–C–C–N with tert-alkyl or cyclic N) is 1. The zero-order valence-electron chi connectivity index (χ0n) is 81.2. The van der Waals surface area contributed by atoms with E-state index in [4.69, 9.17) is 24.4 Å².